The van der Waals surface area contributed by atoms with Crippen LogP contribution in [0.25, 0.3) is 22.3 Å². The second kappa shape index (κ2) is 6.21. The van der Waals surface area contributed by atoms with E-state index in [-0.39, 0.29) is 11.2 Å². The smallest absolute Gasteiger partial charge is 0.173 e. The fourth-order valence-corrected chi connectivity index (χ4v) is 5.56. The SMILES string of the molecule is CC1(C)CC(=O)c2sc(N3CCOCC3)c(-c3cc4ccccc4o3)c2C1. The Balaban J connectivity index is 1.73. The van der Waals surface area contributed by atoms with Gasteiger partial charge in [-0.3, -0.25) is 4.79 Å². The van der Waals surface area contributed by atoms with Gasteiger partial charge in [0.15, 0.2) is 5.78 Å². The molecule has 1 aromatic carbocycles. The largest absolute Gasteiger partial charge is 0.456 e. The molecule has 0 spiro atoms. The molecular weight excluding hydrogens is 358 g/mol. The van der Waals surface area contributed by atoms with Gasteiger partial charge in [-0.25, -0.2) is 0 Å². The lowest BCUT2D eigenvalue weighted by atomic mass is 9.75. The van der Waals surface area contributed by atoms with Gasteiger partial charge < -0.3 is 14.1 Å². The van der Waals surface area contributed by atoms with Crippen LogP contribution >= 0.6 is 11.3 Å². The minimum atomic E-state index is -0.0196. The quantitative estimate of drug-likeness (QED) is 0.615. The second-order valence-electron chi connectivity index (χ2n) is 8.28. The average Bonchev–Trinajstić information content (AvgIpc) is 3.22. The summed E-state index contributed by atoms with van der Waals surface area (Å²) >= 11 is 1.64. The summed E-state index contributed by atoms with van der Waals surface area (Å²) in [6.07, 6.45) is 1.52. The number of Topliss-reactive ketones (excluding diaryl/α,β-unsaturated/α-hetero) is 1. The van der Waals surface area contributed by atoms with Crippen molar-refractivity contribution in [2.45, 2.75) is 26.7 Å². The molecule has 0 saturated carbocycles. The van der Waals surface area contributed by atoms with E-state index < -0.39 is 0 Å². The summed E-state index contributed by atoms with van der Waals surface area (Å²) in [5, 5.41) is 2.26. The third-order valence-corrected chi connectivity index (χ3v) is 6.84. The predicted molar refractivity (Wildman–Crippen MR) is 109 cm³/mol. The molecule has 0 bridgehead atoms. The van der Waals surface area contributed by atoms with Crippen LogP contribution in [-0.2, 0) is 11.2 Å². The van der Waals surface area contributed by atoms with Gasteiger partial charge in [0.25, 0.3) is 0 Å². The van der Waals surface area contributed by atoms with E-state index >= 15 is 0 Å². The van der Waals surface area contributed by atoms with Crippen LogP contribution in [0.2, 0.25) is 0 Å². The van der Waals surface area contributed by atoms with Crippen molar-refractivity contribution in [1.82, 2.24) is 0 Å². The zero-order valence-electron chi connectivity index (χ0n) is 15.7. The second-order valence-corrected chi connectivity index (χ2v) is 9.28. The van der Waals surface area contributed by atoms with Gasteiger partial charge in [0.2, 0.25) is 0 Å². The van der Waals surface area contributed by atoms with E-state index in [0.717, 1.165) is 64.9 Å². The highest BCUT2D eigenvalue weighted by Gasteiger charge is 2.37. The van der Waals surface area contributed by atoms with E-state index in [0.29, 0.717) is 6.42 Å². The maximum absolute atomic E-state index is 12.9. The topological polar surface area (TPSA) is 42.7 Å². The van der Waals surface area contributed by atoms with Gasteiger partial charge in [0, 0.05) is 24.9 Å². The fraction of sp³-hybridized carbons (Fsp3) is 0.409. The average molecular weight is 381 g/mol. The van der Waals surface area contributed by atoms with Crippen molar-refractivity contribution in [2.24, 2.45) is 5.41 Å². The molecule has 0 amide bonds. The van der Waals surface area contributed by atoms with Crippen molar-refractivity contribution in [3.05, 3.63) is 40.8 Å². The molecule has 0 unspecified atom stereocenters. The van der Waals surface area contributed by atoms with Gasteiger partial charge in [-0.1, -0.05) is 32.0 Å². The molecule has 0 atom stereocenters. The first-order valence-corrected chi connectivity index (χ1v) is 10.3. The molecule has 4 nitrogen and oxygen atoms in total. The number of fused-ring (bicyclic) bond motifs is 2. The van der Waals surface area contributed by atoms with Crippen LogP contribution in [0.5, 0.6) is 0 Å². The summed E-state index contributed by atoms with van der Waals surface area (Å²) in [7, 11) is 0. The number of ether oxygens (including phenoxy) is 1. The molecule has 3 aromatic rings. The number of nitrogens with zero attached hydrogens (tertiary/aromatic N) is 1. The van der Waals surface area contributed by atoms with Crippen LogP contribution in [0.1, 0.15) is 35.5 Å². The highest BCUT2D eigenvalue weighted by molar-refractivity contribution is 7.19. The van der Waals surface area contributed by atoms with E-state index in [9.17, 15) is 4.79 Å². The summed E-state index contributed by atoms with van der Waals surface area (Å²) in [4.78, 5) is 16.2. The number of carbonyl (C=O) groups excluding carboxylic acids is 1. The first kappa shape index (κ1) is 17.0. The van der Waals surface area contributed by atoms with Gasteiger partial charge in [-0.05, 0) is 29.5 Å². The molecule has 5 heteroatoms. The van der Waals surface area contributed by atoms with Crippen LogP contribution in [0, 0.1) is 5.41 Å². The van der Waals surface area contributed by atoms with Crippen LogP contribution in [0.4, 0.5) is 5.00 Å². The van der Waals surface area contributed by atoms with Crippen LogP contribution < -0.4 is 4.90 Å². The zero-order chi connectivity index (χ0) is 18.6. The molecule has 2 aromatic heterocycles. The van der Waals surface area contributed by atoms with Crippen molar-refractivity contribution < 1.29 is 13.9 Å². The summed E-state index contributed by atoms with van der Waals surface area (Å²) in [6, 6.07) is 10.2. The number of hydrogen-bond acceptors (Lipinski definition) is 5. The van der Waals surface area contributed by atoms with Gasteiger partial charge in [0.05, 0.1) is 23.7 Å². The minimum Gasteiger partial charge on any atom is -0.456 e. The molecule has 1 aliphatic carbocycles. The number of carbonyl (C=O) groups is 1. The van der Waals surface area contributed by atoms with Crippen LogP contribution in [0.15, 0.2) is 34.7 Å². The van der Waals surface area contributed by atoms with E-state index in [1.54, 1.807) is 11.3 Å². The Hall–Kier alpha value is -2.11. The summed E-state index contributed by atoms with van der Waals surface area (Å²) in [5.41, 5.74) is 3.16. The number of furan rings is 1. The number of ketones is 1. The minimum absolute atomic E-state index is 0.0196. The molecule has 27 heavy (non-hydrogen) atoms. The third-order valence-electron chi connectivity index (χ3n) is 5.51. The maximum atomic E-state index is 12.9. The lowest BCUT2D eigenvalue weighted by Crippen LogP contribution is -2.36. The van der Waals surface area contributed by atoms with Crippen molar-refractivity contribution in [3.63, 3.8) is 0 Å². The predicted octanol–water partition coefficient (Wildman–Crippen LogP) is 5.15. The first-order chi connectivity index (χ1) is 13.0. The monoisotopic (exact) mass is 381 g/mol. The van der Waals surface area contributed by atoms with Crippen molar-refractivity contribution in [1.29, 1.82) is 0 Å². The Morgan fingerprint density at radius 3 is 2.67 bits per heavy atom. The van der Waals surface area contributed by atoms with Gasteiger partial charge >= 0.3 is 0 Å². The fourth-order valence-electron chi connectivity index (χ4n) is 4.25. The normalized spacial score (nSPS) is 19.5. The van der Waals surface area contributed by atoms with Gasteiger partial charge in [-0.15, -0.1) is 11.3 Å². The molecule has 0 radical (unpaired) electrons. The highest BCUT2D eigenvalue weighted by Crippen LogP contribution is 2.50. The lowest BCUT2D eigenvalue weighted by Gasteiger charge is -2.29. The molecule has 5 rings (SSSR count). The number of benzene rings is 1. The van der Waals surface area contributed by atoms with Crippen molar-refractivity contribution in [3.8, 4) is 11.3 Å². The number of thiophene rings is 1. The number of anilines is 1. The highest BCUT2D eigenvalue weighted by atomic mass is 32.1. The number of hydrogen-bond donors (Lipinski definition) is 0. The standard InChI is InChI=1S/C22H23NO3S/c1-22(2)12-15-19(18-11-14-5-3-4-6-17(14)26-18)21(23-7-9-25-10-8-23)27-20(15)16(24)13-22/h3-6,11H,7-10,12-13H2,1-2H3. The Morgan fingerprint density at radius 1 is 1.11 bits per heavy atom. The third kappa shape index (κ3) is 2.89. The van der Waals surface area contributed by atoms with E-state index in [1.165, 1.54) is 5.56 Å². The Morgan fingerprint density at radius 2 is 1.89 bits per heavy atom. The molecule has 3 heterocycles. The summed E-state index contributed by atoms with van der Waals surface area (Å²) < 4.78 is 11.8. The van der Waals surface area contributed by atoms with Gasteiger partial charge in [0.1, 0.15) is 16.3 Å². The molecule has 0 N–H and O–H groups in total. The Bertz CT molecular complexity index is 991. The van der Waals surface area contributed by atoms with Gasteiger partial charge in [-0.2, -0.15) is 0 Å². The molecule has 140 valence electrons. The van der Waals surface area contributed by atoms with Crippen molar-refractivity contribution in [2.75, 3.05) is 31.2 Å². The van der Waals surface area contributed by atoms with Crippen LogP contribution in [0.3, 0.4) is 0 Å². The van der Waals surface area contributed by atoms with Crippen molar-refractivity contribution >= 4 is 33.1 Å². The van der Waals surface area contributed by atoms with E-state index in [2.05, 4.69) is 30.9 Å². The van der Waals surface area contributed by atoms with E-state index in [1.807, 2.05) is 18.2 Å². The summed E-state index contributed by atoms with van der Waals surface area (Å²) in [6.45, 7) is 7.52. The zero-order valence-corrected chi connectivity index (χ0v) is 16.5. The summed E-state index contributed by atoms with van der Waals surface area (Å²) in [5.74, 6) is 1.14. The maximum Gasteiger partial charge on any atom is 0.173 e. The molecule has 1 aliphatic heterocycles. The van der Waals surface area contributed by atoms with Crippen LogP contribution in [-0.4, -0.2) is 32.1 Å². The molecular formula is C22H23NO3S. The molecule has 1 fully saturated rings. The number of para-hydroxylation sites is 1. The van der Waals surface area contributed by atoms with E-state index in [4.69, 9.17) is 9.15 Å². The lowest BCUT2D eigenvalue weighted by molar-refractivity contribution is 0.0918. The number of rotatable bonds is 2. The Kier molecular flexibility index (Phi) is 3.92. The molecule has 2 aliphatic rings. The molecule has 1 saturated heterocycles. The Labute approximate surface area is 162 Å². The first-order valence-electron chi connectivity index (χ1n) is 9.52. The number of morpholine rings is 1.